The molecule has 5 rings (SSSR count). The Morgan fingerprint density at radius 2 is 1.85 bits per heavy atom. The Hall–Kier alpha value is -3.89. The maximum absolute atomic E-state index is 13.5. The zero-order valence-corrected chi connectivity index (χ0v) is 23.1. The molecule has 2 aromatic heterocycles. The molecule has 3 aromatic rings. The van der Waals surface area contributed by atoms with Crippen molar-refractivity contribution in [2.45, 2.75) is 64.9 Å². The minimum atomic E-state index is -4.51. The van der Waals surface area contributed by atoms with E-state index in [1.54, 1.807) is 32.3 Å². The Kier molecular flexibility index (Phi) is 7.32. The van der Waals surface area contributed by atoms with Gasteiger partial charge in [-0.2, -0.15) is 13.2 Å². The number of nitrogens with zero attached hydrogens (tertiary/aromatic N) is 5. The first kappa shape index (κ1) is 27.7. The fourth-order valence-electron chi connectivity index (χ4n) is 5.02. The number of alkyl halides is 3. The SMILES string of the molecule is COc1ncc(C(C)C)cc1-c1cnc(N2CCC2)nc1CN1C(=O)O[C@H](c2cc(C)cc(C(F)(F)F)c2)[C@@H]1C. The van der Waals surface area contributed by atoms with Gasteiger partial charge < -0.3 is 14.4 Å². The molecule has 0 aliphatic carbocycles. The number of methoxy groups -OCH3 is 1. The predicted molar refractivity (Wildman–Crippen MR) is 143 cm³/mol. The Labute approximate surface area is 231 Å². The van der Waals surface area contributed by atoms with Crippen LogP contribution in [0.15, 0.2) is 36.7 Å². The lowest BCUT2D eigenvalue weighted by Crippen LogP contribution is -2.39. The summed E-state index contributed by atoms with van der Waals surface area (Å²) in [6.07, 6.45) is -1.46. The van der Waals surface area contributed by atoms with Gasteiger partial charge >= 0.3 is 12.3 Å². The molecule has 4 heterocycles. The van der Waals surface area contributed by atoms with Crippen LogP contribution >= 0.6 is 0 Å². The van der Waals surface area contributed by atoms with Crippen LogP contribution in [0, 0.1) is 6.92 Å². The van der Waals surface area contributed by atoms with E-state index in [4.69, 9.17) is 14.5 Å². The van der Waals surface area contributed by atoms with Crippen LogP contribution in [0.5, 0.6) is 5.88 Å². The van der Waals surface area contributed by atoms with Crippen molar-refractivity contribution in [2.75, 3.05) is 25.1 Å². The number of amides is 1. The molecule has 11 heteroatoms. The van der Waals surface area contributed by atoms with E-state index in [2.05, 4.69) is 23.8 Å². The second-order valence-electron chi connectivity index (χ2n) is 10.7. The van der Waals surface area contributed by atoms with Crippen molar-refractivity contribution in [2.24, 2.45) is 0 Å². The van der Waals surface area contributed by atoms with E-state index in [0.717, 1.165) is 37.2 Å². The third-order valence-corrected chi connectivity index (χ3v) is 7.48. The molecule has 0 saturated carbocycles. The van der Waals surface area contributed by atoms with Gasteiger partial charge in [0.1, 0.15) is 6.10 Å². The Bertz CT molecular complexity index is 1420. The molecule has 2 fully saturated rings. The minimum absolute atomic E-state index is 0.0716. The first-order valence-corrected chi connectivity index (χ1v) is 13.3. The van der Waals surface area contributed by atoms with Gasteiger partial charge in [0.15, 0.2) is 0 Å². The van der Waals surface area contributed by atoms with Gasteiger partial charge in [0.05, 0.1) is 31.0 Å². The lowest BCUT2D eigenvalue weighted by atomic mass is 9.97. The molecule has 0 unspecified atom stereocenters. The van der Waals surface area contributed by atoms with E-state index in [1.165, 1.54) is 12.0 Å². The first-order valence-electron chi connectivity index (χ1n) is 13.3. The average molecular weight is 556 g/mol. The van der Waals surface area contributed by atoms with Crippen molar-refractivity contribution in [1.29, 1.82) is 0 Å². The molecule has 0 spiro atoms. The number of hydrogen-bond donors (Lipinski definition) is 0. The fraction of sp³-hybridized carbons (Fsp3) is 0.448. The third-order valence-electron chi connectivity index (χ3n) is 7.48. The zero-order valence-electron chi connectivity index (χ0n) is 23.1. The van der Waals surface area contributed by atoms with Gasteiger partial charge in [-0.15, -0.1) is 0 Å². The Morgan fingerprint density at radius 3 is 2.48 bits per heavy atom. The summed E-state index contributed by atoms with van der Waals surface area (Å²) >= 11 is 0. The Balaban J connectivity index is 1.53. The molecule has 2 atom stereocenters. The summed E-state index contributed by atoms with van der Waals surface area (Å²) < 4.78 is 51.7. The van der Waals surface area contributed by atoms with Crippen molar-refractivity contribution in [3.05, 3.63) is 64.6 Å². The van der Waals surface area contributed by atoms with Crippen LogP contribution < -0.4 is 9.64 Å². The number of halogens is 3. The first-order chi connectivity index (χ1) is 19.0. The van der Waals surface area contributed by atoms with Crippen molar-refractivity contribution in [1.82, 2.24) is 19.9 Å². The smallest absolute Gasteiger partial charge is 0.416 e. The number of pyridine rings is 1. The van der Waals surface area contributed by atoms with Crippen LogP contribution in [0.4, 0.5) is 23.9 Å². The molecule has 1 aromatic carbocycles. The lowest BCUT2D eigenvalue weighted by molar-refractivity contribution is -0.137. The molecule has 2 aliphatic rings. The number of hydrogen-bond acceptors (Lipinski definition) is 7. The van der Waals surface area contributed by atoms with E-state index in [-0.39, 0.29) is 12.5 Å². The maximum atomic E-state index is 13.5. The highest BCUT2D eigenvalue weighted by Crippen LogP contribution is 2.39. The van der Waals surface area contributed by atoms with Crippen LogP contribution in [-0.4, -0.2) is 52.2 Å². The van der Waals surface area contributed by atoms with Crippen LogP contribution in [-0.2, 0) is 17.5 Å². The molecule has 40 heavy (non-hydrogen) atoms. The van der Waals surface area contributed by atoms with Crippen LogP contribution in [0.2, 0.25) is 0 Å². The zero-order chi connectivity index (χ0) is 28.8. The summed E-state index contributed by atoms with van der Waals surface area (Å²) in [7, 11) is 1.54. The van der Waals surface area contributed by atoms with E-state index in [1.807, 2.05) is 11.0 Å². The molecule has 8 nitrogen and oxygen atoms in total. The monoisotopic (exact) mass is 555 g/mol. The molecule has 2 aliphatic heterocycles. The van der Waals surface area contributed by atoms with Crippen molar-refractivity contribution >= 4 is 12.0 Å². The summed E-state index contributed by atoms with van der Waals surface area (Å²) in [6.45, 7) is 9.24. The normalized spacial score (nSPS) is 19.2. The van der Waals surface area contributed by atoms with E-state index < -0.39 is 30.0 Å². The largest absolute Gasteiger partial charge is 0.481 e. The predicted octanol–water partition coefficient (Wildman–Crippen LogP) is 6.29. The molecular formula is C29H32F3N5O3. The van der Waals surface area contributed by atoms with Gasteiger partial charge in [0, 0.05) is 36.6 Å². The molecule has 0 radical (unpaired) electrons. The number of aromatic nitrogens is 3. The van der Waals surface area contributed by atoms with Gasteiger partial charge in [-0.1, -0.05) is 25.5 Å². The molecular weight excluding hydrogens is 523 g/mol. The number of carbonyl (C=O) groups excluding carboxylic acids is 1. The number of ether oxygens (including phenoxy) is 2. The minimum Gasteiger partial charge on any atom is -0.481 e. The summed E-state index contributed by atoms with van der Waals surface area (Å²) in [5.41, 5.74) is 2.90. The molecule has 0 N–H and O–H groups in total. The second-order valence-corrected chi connectivity index (χ2v) is 10.7. The van der Waals surface area contributed by atoms with Crippen LogP contribution in [0.3, 0.4) is 0 Å². The average Bonchev–Trinajstić information content (AvgIpc) is 3.15. The number of cyclic esters (lactones) is 1. The Morgan fingerprint density at radius 1 is 1.10 bits per heavy atom. The molecule has 2 saturated heterocycles. The van der Waals surface area contributed by atoms with E-state index in [9.17, 15) is 18.0 Å². The highest BCUT2D eigenvalue weighted by atomic mass is 19.4. The maximum Gasteiger partial charge on any atom is 0.416 e. The van der Waals surface area contributed by atoms with E-state index in [0.29, 0.717) is 39.8 Å². The van der Waals surface area contributed by atoms with Gasteiger partial charge in [-0.25, -0.2) is 19.7 Å². The standard InChI is InChI=1S/C29H32F3N5O3/c1-16(2)20-12-22(26(39-5)33-13-20)23-14-34-27(36-7-6-8-36)35-24(23)15-37-18(4)25(40-28(37)38)19-9-17(3)10-21(11-19)29(30,31)32/h9-14,16,18,25H,6-8,15H2,1-5H3/t18-,25-/m0/s1. The van der Waals surface area contributed by atoms with Crippen molar-refractivity contribution in [3.8, 4) is 17.0 Å². The molecule has 1 amide bonds. The molecule has 212 valence electrons. The van der Waals surface area contributed by atoms with Gasteiger partial charge in [0.25, 0.3) is 0 Å². The van der Waals surface area contributed by atoms with Crippen LogP contribution in [0.1, 0.15) is 67.2 Å². The highest BCUT2D eigenvalue weighted by Gasteiger charge is 2.42. The van der Waals surface area contributed by atoms with Crippen molar-refractivity contribution in [3.63, 3.8) is 0 Å². The summed E-state index contributed by atoms with van der Waals surface area (Å²) in [4.78, 5) is 30.6. The summed E-state index contributed by atoms with van der Waals surface area (Å²) in [6, 6.07) is 5.20. The lowest BCUT2D eigenvalue weighted by Gasteiger charge is -2.31. The van der Waals surface area contributed by atoms with Gasteiger partial charge in [-0.3, -0.25) is 4.90 Å². The number of anilines is 1. The quantitative estimate of drug-likeness (QED) is 0.339. The number of aryl methyl sites for hydroxylation is 1. The summed E-state index contributed by atoms with van der Waals surface area (Å²) in [5, 5.41) is 0. The van der Waals surface area contributed by atoms with Gasteiger partial charge in [0.2, 0.25) is 11.8 Å². The highest BCUT2D eigenvalue weighted by molar-refractivity contribution is 5.74. The topological polar surface area (TPSA) is 80.7 Å². The second kappa shape index (κ2) is 10.6. The fourth-order valence-corrected chi connectivity index (χ4v) is 5.02. The number of benzene rings is 1. The third kappa shape index (κ3) is 5.29. The van der Waals surface area contributed by atoms with Crippen LogP contribution in [0.25, 0.3) is 11.1 Å². The van der Waals surface area contributed by atoms with Gasteiger partial charge in [-0.05, 0) is 55.5 Å². The van der Waals surface area contributed by atoms with E-state index >= 15 is 0 Å². The number of carbonyl (C=O) groups is 1. The molecule has 0 bridgehead atoms. The summed E-state index contributed by atoms with van der Waals surface area (Å²) in [5.74, 6) is 1.18. The number of rotatable bonds is 7. The van der Waals surface area contributed by atoms with Crippen molar-refractivity contribution < 1.29 is 27.4 Å².